The first-order chi connectivity index (χ1) is 9.77. The molecule has 2 rings (SSSR count). The largest absolute Gasteiger partial charge is 0.384 e. The lowest BCUT2D eigenvalue weighted by atomic mass is 9.96. The predicted molar refractivity (Wildman–Crippen MR) is 89.2 cm³/mol. The zero-order valence-corrected chi connectivity index (χ0v) is 13.3. The van der Waals surface area contributed by atoms with E-state index in [0.29, 0.717) is 11.6 Å². The molecule has 0 saturated carbocycles. The van der Waals surface area contributed by atoms with Crippen molar-refractivity contribution < 1.29 is 0 Å². The summed E-state index contributed by atoms with van der Waals surface area (Å²) in [5, 5.41) is 3.33. The SMILES string of the molecule is CN(C)c1ccccc1Nc1cc(N)nc(C(C)(C)C)n1. The molecule has 21 heavy (non-hydrogen) atoms. The van der Waals surface area contributed by atoms with E-state index in [1.807, 2.05) is 32.3 Å². The first kappa shape index (κ1) is 15.1. The van der Waals surface area contributed by atoms with Crippen molar-refractivity contribution in [2.75, 3.05) is 30.0 Å². The molecule has 0 radical (unpaired) electrons. The van der Waals surface area contributed by atoms with Crippen molar-refractivity contribution in [2.45, 2.75) is 26.2 Å². The van der Waals surface area contributed by atoms with Crippen LogP contribution in [0.1, 0.15) is 26.6 Å². The maximum atomic E-state index is 5.91. The monoisotopic (exact) mass is 285 g/mol. The van der Waals surface area contributed by atoms with E-state index >= 15 is 0 Å². The van der Waals surface area contributed by atoms with E-state index in [2.05, 4.69) is 47.0 Å². The summed E-state index contributed by atoms with van der Waals surface area (Å²) < 4.78 is 0. The molecule has 1 heterocycles. The Bertz CT molecular complexity index is 629. The molecule has 5 nitrogen and oxygen atoms in total. The van der Waals surface area contributed by atoms with E-state index in [9.17, 15) is 0 Å². The second-order valence-corrected chi connectivity index (χ2v) is 6.29. The Morgan fingerprint density at radius 1 is 1.10 bits per heavy atom. The van der Waals surface area contributed by atoms with E-state index in [-0.39, 0.29) is 5.41 Å². The number of nitrogens with two attached hydrogens (primary N) is 1. The first-order valence-electron chi connectivity index (χ1n) is 6.96. The van der Waals surface area contributed by atoms with Gasteiger partial charge < -0.3 is 16.0 Å². The Morgan fingerprint density at radius 3 is 2.38 bits per heavy atom. The lowest BCUT2D eigenvalue weighted by molar-refractivity contribution is 0.547. The molecule has 0 atom stereocenters. The Labute approximate surface area is 126 Å². The van der Waals surface area contributed by atoms with Gasteiger partial charge in [0.2, 0.25) is 0 Å². The van der Waals surface area contributed by atoms with Gasteiger partial charge in [0.25, 0.3) is 0 Å². The van der Waals surface area contributed by atoms with Crippen molar-refractivity contribution in [1.29, 1.82) is 0 Å². The summed E-state index contributed by atoms with van der Waals surface area (Å²) in [4.78, 5) is 11.0. The van der Waals surface area contributed by atoms with Gasteiger partial charge in [-0.3, -0.25) is 0 Å². The fourth-order valence-electron chi connectivity index (χ4n) is 1.97. The number of hydrogen-bond acceptors (Lipinski definition) is 5. The van der Waals surface area contributed by atoms with Gasteiger partial charge in [0, 0.05) is 25.6 Å². The standard InChI is InChI=1S/C16H23N5/c1-16(2,3)15-19-13(17)10-14(20-15)18-11-8-6-7-9-12(11)21(4)5/h6-10H,1-5H3,(H3,17,18,19,20). The zero-order chi connectivity index (χ0) is 15.6. The highest BCUT2D eigenvalue weighted by Gasteiger charge is 2.19. The van der Waals surface area contributed by atoms with Gasteiger partial charge in [-0.2, -0.15) is 0 Å². The number of para-hydroxylation sites is 2. The molecular formula is C16H23N5. The van der Waals surface area contributed by atoms with Crippen molar-refractivity contribution in [3.8, 4) is 0 Å². The van der Waals surface area contributed by atoms with Crippen LogP contribution < -0.4 is 16.0 Å². The second-order valence-electron chi connectivity index (χ2n) is 6.29. The van der Waals surface area contributed by atoms with Gasteiger partial charge >= 0.3 is 0 Å². The van der Waals surface area contributed by atoms with E-state index in [0.717, 1.165) is 17.2 Å². The molecule has 0 aliphatic rings. The van der Waals surface area contributed by atoms with Crippen molar-refractivity contribution in [3.63, 3.8) is 0 Å². The number of anilines is 4. The van der Waals surface area contributed by atoms with Gasteiger partial charge in [-0.25, -0.2) is 9.97 Å². The van der Waals surface area contributed by atoms with Gasteiger partial charge in [0.15, 0.2) is 0 Å². The number of rotatable bonds is 3. The summed E-state index contributed by atoms with van der Waals surface area (Å²) in [7, 11) is 4.02. The maximum Gasteiger partial charge on any atom is 0.138 e. The average molecular weight is 285 g/mol. The molecule has 0 spiro atoms. The van der Waals surface area contributed by atoms with Crippen molar-refractivity contribution in [3.05, 3.63) is 36.2 Å². The molecular weight excluding hydrogens is 262 g/mol. The minimum Gasteiger partial charge on any atom is -0.384 e. The zero-order valence-electron chi connectivity index (χ0n) is 13.3. The second kappa shape index (κ2) is 5.60. The minimum absolute atomic E-state index is 0.146. The number of nitrogens with one attached hydrogen (secondary N) is 1. The number of nitrogens with zero attached hydrogens (tertiary/aromatic N) is 3. The van der Waals surface area contributed by atoms with E-state index in [4.69, 9.17) is 5.73 Å². The average Bonchev–Trinajstić information content (AvgIpc) is 2.37. The third-order valence-electron chi connectivity index (χ3n) is 3.07. The molecule has 0 aliphatic carbocycles. The van der Waals surface area contributed by atoms with Crippen LogP contribution in [0.3, 0.4) is 0 Å². The molecule has 0 bridgehead atoms. The minimum atomic E-state index is -0.146. The van der Waals surface area contributed by atoms with E-state index in [1.54, 1.807) is 6.07 Å². The highest BCUT2D eigenvalue weighted by molar-refractivity contribution is 5.74. The summed E-state index contributed by atoms with van der Waals surface area (Å²) in [5.74, 6) is 1.91. The Kier molecular flexibility index (Phi) is 4.02. The fourth-order valence-corrected chi connectivity index (χ4v) is 1.97. The smallest absolute Gasteiger partial charge is 0.138 e. The number of hydrogen-bond donors (Lipinski definition) is 2. The third-order valence-corrected chi connectivity index (χ3v) is 3.07. The highest BCUT2D eigenvalue weighted by Crippen LogP contribution is 2.28. The molecule has 5 heteroatoms. The van der Waals surface area contributed by atoms with Crippen LogP contribution in [0.15, 0.2) is 30.3 Å². The van der Waals surface area contributed by atoms with Gasteiger partial charge in [0.1, 0.15) is 17.5 Å². The van der Waals surface area contributed by atoms with Crippen LogP contribution in [0.4, 0.5) is 23.0 Å². The van der Waals surface area contributed by atoms with Gasteiger partial charge in [0.05, 0.1) is 11.4 Å². The number of nitrogen functional groups attached to an aromatic ring is 1. The first-order valence-corrected chi connectivity index (χ1v) is 6.96. The van der Waals surface area contributed by atoms with Crippen molar-refractivity contribution in [2.24, 2.45) is 0 Å². The normalized spacial score (nSPS) is 11.3. The van der Waals surface area contributed by atoms with E-state index < -0.39 is 0 Å². The van der Waals surface area contributed by atoms with Crippen LogP contribution in [0, 0.1) is 0 Å². The van der Waals surface area contributed by atoms with Crippen LogP contribution >= 0.6 is 0 Å². The molecule has 1 aromatic heterocycles. The molecule has 0 unspecified atom stereocenters. The summed E-state index contributed by atoms with van der Waals surface area (Å²) in [6.45, 7) is 6.21. The molecule has 112 valence electrons. The van der Waals surface area contributed by atoms with Gasteiger partial charge in [-0.1, -0.05) is 32.9 Å². The topological polar surface area (TPSA) is 67.1 Å². The highest BCUT2D eigenvalue weighted by atomic mass is 15.1. The Balaban J connectivity index is 2.39. The molecule has 1 aromatic carbocycles. The molecule has 3 N–H and O–H groups in total. The van der Waals surface area contributed by atoms with Crippen LogP contribution in [0.2, 0.25) is 0 Å². The van der Waals surface area contributed by atoms with E-state index in [1.165, 1.54) is 0 Å². The fraction of sp³-hybridized carbons (Fsp3) is 0.375. The Morgan fingerprint density at radius 2 is 1.76 bits per heavy atom. The summed E-state index contributed by atoms with van der Waals surface area (Å²) in [6.07, 6.45) is 0. The summed E-state index contributed by atoms with van der Waals surface area (Å²) in [6, 6.07) is 9.82. The van der Waals surface area contributed by atoms with Crippen molar-refractivity contribution >= 4 is 23.0 Å². The molecule has 0 saturated heterocycles. The molecule has 2 aromatic rings. The van der Waals surface area contributed by atoms with Crippen LogP contribution in [0.25, 0.3) is 0 Å². The van der Waals surface area contributed by atoms with Crippen LogP contribution in [-0.4, -0.2) is 24.1 Å². The Hall–Kier alpha value is -2.30. The quantitative estimate of drug-likeness (QED) is 0.906. The van der Waals surface area contributed by atoms with Crippen molar-refractivity contribution in [1.82, 2.24) is 9.97 Å². The summed E-state index contributed by atoms with van der Waals surface area (Å²) >= 11 is 0. The maximum absolute atomic E-state index is 5.91. The lowest BCUT2D eigenvalue weighted by Crippen LogP contribution is -2.18. The molecule has 0 fully saturated rings. The van der Waals surface area contributed by atoms with Gasteiger partial charge in [-0.15, -0.1) is 0 Å². The van der Waals surface area contributed by atoms with Gasteiger partial charge in [-0.05, 0) is 12.1 Å². The summed E-state index contributed by atoms with van der Waals surface area (Å²) in [5.41, 5.74) is 7.84. The lowest BCUT2D eigenvalue weighted by Gasteiger charge is -2.20. The molecule has 0 amide bonds. The molecule has 0 aliphatic heterocycles. The van der Waals surface area contributed by atoms with Crippen LogP contribution in [-0.2, 0) is 5.41 Å². The van der Waals surface area contributed by atoms with Crippen LogP contribution in [0.5, 0.6) is 0 Å². The third kappa shape index (κ3) is 3.62. The predicted octanol–water partition coefficient (Wildman–Crippen LogP) is 3.17. The number of benzene rings is 1. The number of aromatic nitrogens is 2.